The molecule has 0 fully saturated rings. The van der Waals surface area contributed by atoms with Gasteiger partial charge in [-0.05, 0) is 43.2 Å². The molecule has 0 saturated carbocycles. The third-order valence-corrected chi connectivity index (χ3v) is 4.69. The molecule has 0 radical (unpaired) electrons. The van der Waals surface area contributed by atoms with Crippen LogP contribution in [-0.2, 0) is 37.0 Å². The van der Waals surface area contributed by atoms with Crippen LogP contribution in [0.3, 0.4) is 0 Å². The Morgan fingerprint density at radius 2 is 1.00 bits per heavy atom. The van der Waals surface area contributed by atoms with Gasteiger partial charge in [0.05, 0.1) is 13.2 Å². The molecule has 0 amide bonds. The second kappa shape index (κ2) is 24.0. The Labute approximate surface area is 205 Å². The van der Waals surface area contributed by atoms with Crippen molar-refractivity contribution in [2.45, 2.75) is 51.7 Å². The Morgan fingerprint density at radius 1 is 0.559 bits per heavy atom. The SMILES string of the molecule is O=CCCCOCCCOCc1ccccc1.OCCCCOCCCOCc1ccccc1. The van der Waals surface area contributed by atoms with E-state index in [1.54, 1.807) is 0 Å². The Bertz CT molecular complexity index is 665. The van der Waals surface area contributed by atoms with Crippen LogP contribution >= 0.6 is 0 Å². The molecule has 0 atom stereocenters. The molecule has 2 aromatic rings. The van der Waals surface area contributed by atoms with Crippen molar-refractivity contribution in [2.24, 2.45) is 0 Å². The third-order valence-electron chi connectivity index (χ3n) is 4.69. The Balaban J connectivity index is 0.000000340. The third kappa shape index (κ3) is 19.4. The highest BCUT2D eigenvalue weighted by molar-refractivity contribution is 5.48. The lowest BCUT2D eigenvalue weighted by Crippen LogP contribution is -2.02. The van der Waals surface area contributed by atoms with Crippen LogP contribution in [-0.4, -0.2) is 57.6 Å². The van der Waals surface area contributed by atoms with Crippen molar-refractivity contribution in [1.29, 1.82) is 0 Å². The molecule has 34 heavy (non-hydrogen) atoms. The summed E-state index contributed by atoms with van der Waals surface area (Å²) < 4.78 is 21.8. The zero-order valence-corrected chi connectivity index (χ0v) is 20.4. The monoisotopic (exact) mass is 474 g/mol. The van der Waals surface area contributed by atoms with E-state index in [0.29, 0.717) is 39.5 Å². The number of ether oxygens (including phenoxy) is 4. The van der Waals surface area contributed by atoms with E-state index in [0.717, 1.165) is 58.2 Å². The van der Waals surface area contributed by atoms with Gasteiger partial charge in [0.15, 0.2) is 0 Å². The first-order valence-corrected chi connectivity index (χ1v) is 12.3. The smallest absolute Gasteiger partial charge is 0.120 e. The quantitative estimate of drug-likeness (QED) is 0.216. The number of rotatable bonds is 20. The van der Waals surface area contributed by atoms with Crippen molar-refractivity contribution < 1.29 is 28.8 Å². The number of unbranched alkanes of at least 4 members (excludes halogenated alkanes) is 2. The van der Waals surface area contributed by atoms with Crippen LogP contribution in [0.2, 0.25) is 0 Å². The van der Waals surface area contributed by atoms with Crippen molar-refractivity contribution in [3.8, 4) is 0 Å². The molecule has 0 aliphatic heterocycles. The number of carbonyl (C=O) groups is 1. The number of aliphatic hydroxyl groups is 1. The Kier molecular flexibility index (Phi) is 21.2. The Morgan fingerprint density at radius 3 is 1.47 bits per heavy atom. The zero-order valence-electron chi connectivity index (χ0n) is 20.4. The summed E-state index contributed by atoms with van der Waals surface area (Å²) in [5.74, 6) is 0. The van der Waals surface area contributed by atoms with E-state index in [1.165, 1.54) is 11.1 Å². The topological polar surface area (TPSA) is 74.2 Å². The van der Waals surface area contributed by atoms with Gasteiger partial charge >= 0.3 is 0 Å². The molecular weight excluding hydrogens is 432 g/mol. The molecule has 0 aliphatic carbocycles. The van der Waals surface area contributed by atoms with Crippen molar-refractivity contribution in [3.05, 3.63) is 71.8 Å². The maximum atomic E-state index is 10.0. The highest BCUT2D eigenvalue weighted by Crippen LogP contribution is 2.02. The van der Waals surface area contributed by atoms with Gasteiger partial charge in [-0.25, -0.2) is 0 Å². The lowest BCUT2D eigenvalue weighted by Gasteiger charge is -2.05. The first-order chi connectivity index (χ1) is 16.9. The number of aliphatic hydroxyl groups excluding tert-OH is 1. The van der Waals surface area contributed by atoms with Crippen LogP contribution in [0.25, 0.3) is 0 Å². The molecule has 0 spiro atoms. The second-order valence-electron chi connectivity index (χ2n) is 7.75. The molecular formula is C28H42O6. The minimum Gasteiger partial charge on any atom is -0.396 e. The normalized spacial score (nSPS) is 10.5. The molecule has 0 saturated heterocycles. The predicted octanol–water partition coefficient (Wildman–Crippen LogP) is 4.97. The van der Waals surface area contributed by atoms with Gasteiger partial charge in [-0.2, -0.15) is 0 Å². The van der Waals surface area contributed by atoms with Gasteiger partial charge in [0, 0.05) is 52.7 Å². The van der Waals surface area contributed by atoms with E-state index in [-0.39, 0.29) is 6.61 Å². The molecule has 6 nitrogen and oxygen atoms in total. The van der Waals surface area contributed by atoms with Crippen molar-refractivity contribution in [2.75, 3.05) is 46.2 Å². The van der Waals surface area contributed by atoms with E-state index in [9.17, 15) is 4.79 Å². The summed E-state index contributed by atoms with van der Waals surface area (Å²) in [5, 5.41) is 8.57. The molecule has 0 bridgehead atoms. The van der Waals surface area contributed by atoms with Gasteiger partial charge in [0.2, 0.25) is 0 Å². The maximum absolute atomic E-state index is 10.0. The van der Waals surface area contributed by atoms with E-state index in [1.807, 2.05) is 36.4 Å². The van der Waals surface area contributed by atoms with E-state index >= 15 is 0 Å². The molecule has 0 aromatic heterocycles. The van der Waals surface area contributed by atoms with Gasteiger partial charge in [-0.3, -0.25) is 0 Å². The number of hydrogen-bond donors (Lipinski definition) is 1. The zero-order chi connectivity index (χ0) is 24.4. The van der Waals surface area contributed by atoms with E-state index in [4.69, 9.17) is 24.1 Å². The summed E-state index contributed by atoms with van der Waals surface area (Å²) in [4.78, 5) is 10.0. The molecule has 0 unspecified atom stereocenters. The van der Waals surface area contributed by atoms with Crippen LogP contribution < -0.4 is 0 Å². The maximum Gasteiger partial charge on any atom is 0.120 e. The predicted molar refractivity (Wildman–Crippen MR) is 135 cm³/mol. The molecule has 2 rings (SSSR count). The fourth-order valence-electron chi connectivity index (χ4n) is 2.84. The Hall–Kier alpha value is -2.09. The van der Waals surface area contributed by atoms with Crippen molar-refractivity contribution in [1.82, 2.24) is 0 Å². The summed E-state index contributed by atoms with van der Waals surface area (Å²) in [6.07, 6.45) is 5.90. The van der Waals surface area contributed by atoms with Gasteiger partial charge in [-0.15, -0.1) is 0 Å². The molecule has 1 N–H and O–H groups in total. The standard InChI is InChI=1S/C14H22O3.C14H20O3/c2*15-9-4-5-10-16-11-6-12-17-13-14-7-2-1-3-8-14/h1-3,7-8,15H,4-6,9-13H2;1-3,7-9H,4-6,10-13H2. The number of aldehydes is 1. The number of carbonyl (C=O) groups excluding carboxylic acids is 1. The van der Waals surface area contributed by atoms with Gasteiger partial charge in [0.25, 0.3) is 0 Å². The summed E-state index contributed by atoms with van der Waals surface area (Å²) in [7, 11) is 0. The summed E-state index contributed by atoms with van der Waals surface area (Å²) in [5.41, 5.74) is 2.40. The molecule has 0 heterocycles. The molecule has 2 aromatic carbocycles. The van der Waals surface area contributed by atoms with Gasteiger partial charge in [-0.1, -0.05) is 60.7 Å². The van der Waals surface area contributed by atoms with Gasteiger partial charge < -0.3 is 28.8 Å². The van der Waals surface area contributed by atoms with Crippen molar-refractivity contribution >= 4 is 6.29 Å². The van der Waals surface area contributed by atoms with Crippen LogP contribution in [0.1, 0.15) is 49.7 Å². The molecule has 190 valence electrons. The minimum atomic E-state index is 0.254. The first-order valence-electron chi connectivity index (χ1n) is 12.3. The van der Waals surface area contributed by atoms with Crippen LogP contribution in [0.4, 0.5) is 0 Å². The van der Waals surface area contributed by atoms with Crippen LogP contribution in [0, 0.1) is 0 Å². The van der Waals surface area contributed by atoms with Crippen LogP contribution in [0.15, 0.2) is 60.7 Å². The summed E-state index contributed by atoms with van der Waals surface area (Å²) >= 11 is 0. The lowest BCUT2D eigenvalue weighted by molar-refractivity contribution is -0.108. The molecule has 0 aliphatic rings. The lowest BCUT2D eigenvalue weighted by atomic mass is 10.2. The van der Waals surface area contributed by atoms with E-state index < -0.39 is 0 Å². The van der Waals surface area contributed by atoms with E-state index in [2.05, 4.69) is 24.3 Å². The van der Waals surface area contributed by atoms with Crippen LogP contribution in [0.5, 0.6) is 0 Å². The number of hydrogen-bond acceptors (Lipinski definition) is 6. The second-order valence-corrected chi connectivity index (χ2v) is 7.75. The average Bonchev–Trinajstić information content (AvgIpc) is 2.88. The summed E-state index contributed by atoms with van der Waals surface area (Å²) in [6.45, 7) is 5.86. The highest BCUT2D eigenvalue weighted by atomic mass is 16.5. The average molecular weight is 475 g/mol. The van der Waals surface area contributed by atoms with Crippen molar-refractivity contribution in [3.63, 3.8) is 0 Å². The minimum absolute atomic E-state index is 0.254. The largest absolute Gasteiger partial charge is 0.396 e. The number of benzene rings is 2. The highest BCUT2D eigenvalue weighted by Gasteiger charge is 1.94. The first kappa shape index (κ1) is 29.9. The summed E-state index contributed by atoms with van der Waals surface area (Å²) in [6, 6.07) is 20.3. The fraction of sp³-hybridized carbons (Fsp3) is 0.536. The molecule has 6 heteroatoms. The van der Waals surface area contributed by atoms with Gasteiger partial charge in [0.1, 0.15) is 6.29 Å². The fourth-order valence-corrected chi connectivity index (χ4v) is 2.84.